The molecule has 0 saturated heterocycles. The van der Waals surface area contributed by atoms with Crippen molar-refractivity contribution in [2.24, 2.45) is 5.73 Å². The van der Waals surface area contributed by atoms with Crippen LogP contribution in [0.25, 0.3) is 0 Å². The van der Waals surface area contributed by atoms with Crippen LogP contribution >= 0.6 is 23.4 Å². The lowest BCUT2D eigenvalue weighted by Crippen LogP contribution is -2.38. The number of thioether (sulfide) groups is 1. The van der Waals surface area contributed by atoms with Crippen molar-refractivity contribution in [3.63, 3.8) is 0 Å². The minimum atomic E-state index is -3.58. The van der Waals surface area contributed by atoms with Gasteiger partial charge < -0.3 is 5.73 Å². The van der Waals surface area contributed by atoms with E-state index in [2.05, 4.69) is 4.72 Å². The SMILES string of the molecule is CSC1CCCC1NS(=O)(=O)c1cc(Cl)cc(CN)c1C. The van der Waals surface area contributed by atoms with E-state index in [9.17, 15) is 8.42 Å². The van der Waals surface area contributed by atoms with E-state index in [-0.39, 0.29) is 17.5 Å². The van der Waals surface area contributed by atoms with Gasteiger partial charge >= 0.3 is 0 Å². The van der Waals surface area contributed by atoms with Crippen LogP contribution in [0.5, 0.6) is 0 Å². The molecular weight excluding hydrogens is 328 g/mol. The highest BCUT2D eigenvalue weighted by Gasteiger charge is 2.31. The summed E-state index contributed by atoms with van der Waals surface area (Å²) in [5, 5.41) is 0.738. The molecule has 1 fully saturated rings. The first-order chi connectivity index (χ1) is 9.89. The molecule has 0 spiro atoms. The third kappa shape index (κ3) is 3.74. The number of hydrogen-bond donors (Lipinski definition) is 2. The summed E-state index contributed by atoms with van der Waals surface area (Å²) in [6.07, 6.45) is 5.01. The zero-order chi connectivity index (χ0) is 15.6. The van der Waals surface area contributed by atoms with E-state index in [1.54, 1.807) is 24.8 Å². The summed E-state index contributed by atoms with van der Waals surface area (Å²) in [4.78, 5) is 0.238. The fraction of sp³-hybridized carbons (Fsp3) is 0.571. The van der Waals surface area contributed by atoms with Gasteiger partial charge in [0.25, 0.3) is 0 Å². The molecule has 4 nitrogen and oxygen atoms in total. The van der Waals surface area contributed by atoms with Crippen molar-refractivity contribution < 1.29 is 8.42 Å². The van der Waals surface area contributed by atoms with Crippen LogP contribution in [0.1, 0.15) is 30.4 Å². The molecule has 2 rings (SSSR count). The molecule has 0 aliphatic heterocycles. The predicted octanol–water partition coefficient (Wildman–Crippen LogP) is 2.67. The van der Waals surface area contributed by atoms with Crippen LogP contribution in [-0.2, 0) is 16.6 Å². The Hall–Kier alpha value is -0.270. The summed E-state index contributed by atoms with van der Waals surface area (Å²) in [5.74, 6) is 0. The van der Waals surface area contributed by atoms with E-state index in [1.165, 1.54) is 6.07 Å². The summed E-state index contributed by atoms with van der Waals surface area (Å²) in [6.45, 7) is 2.04. The van der Waals surface area contributed by atoms with Crippen molar-refractivity contribution in [2.75, 3.05) is 6.26 Å². The first-order valence-corrected chi connectivity index (χ1v) is 10.1. The largest absolute Gasteiger partial charge is 0.326 e. The van der Waals surface area contributed by atoms with E-state index in [0.29, 0.717) is 15.8 Å². The Bertz CT molecular complexity index is 620. The van der Waals surface area contributed by atoms with Crippen LogP contribution < -0.4 is 10.5 Å². The maximum atomic E-state index is 12.7. The standard InChI is InChI=1S/C14H21ClN2O2S2/c1-9-10(8-16)6-11(15)7-14(9)21(18,19)17-12-4-3-5-13(12)20-2/h6-7,12-13,17H,3-5,8,16H2,1-2H3. The predicted molar refractivity (Wildman–Crippen MR) is 89.3 cm³/mol. The smallest absolute Gasteiger partial charge is 0.241 e. The Labute approximate surface area is 135 Å². The van der Waals surface area contributed by atoms with Gasteiger partial charge in [0.2, 0.25) is 10.0 Å². The molecule has 1 aliphatic carbocycles. The van der Waals surface area contributed by atoms with Gasteiger partial charge in [0.15, 0.2) is 0 Å². The summed E-state index contributed by atoms with van der Waals surface area (Å²) in [6, 6.07) is 3.21. The number of sulfonamides is 1. The number of nitrogens with two attached hydrogens (primary N) is 1. The van der Waals surface area contributed by atoms with Crippen LogP contribution in [-0.4, -0.2) is 26.0 Å². The third-order valence-corrected chi connectivity index (χ3v) is 7.01. The summed E-state index contributed by atoms with van der Waals surface area (Å²) in [7, 11) is -3.58. The molecule has 0 radical (unpaired) electrons. The van der Waals surface area contributed by atoms with Crippen LogP contribution in [0.4, 0.5) is 0 Å². The summed E-state index contributed by atoms with van der Waals surface area (Å²) in [5.41, 5.74) is 7.10. The lowest BCUT2D eigenvalue weighted by molar-refractivity contribution is 0.554. The van der Waals surface area contributed by atoms with Gasteiger partial charge in [-0.2, -0.15) is 11.8 Å². The van der Waals surface area contributed by atoms with Gasteiger partial charge in [0, 0.05) is 22.9 Å². The maximum Gasteiger partial charge on any atom is 0.241 e. The number of halogens is 1. The molecule has 7 heteroatoms. The first kappa shape index (κ1) is 17.1. The van der Waals surface area contributed by atoms with Gasteiger partial charge in [0.1, 0.15) is 0 Å². The topological polar surface area (TPSA) is 72.2 Å². The zero-order valence-corrected chi connectivity index (χ0v) is 14.6. The molecule has 1 saturated carbocycles. The molecule has 2 atom stereocenters. The number of hydrogen-bond acceptors (Lipinski definition) is 4. The second-order valence-electron chi connectivity index (χ2n) is 5.33. The van der Waals surface area contributed by atoms with E-state index in [4.69, 9.17) is 17.3 Å². The number of nitrogens with one attached hydrogen (secondary N) is 1. The molecule has 0 amide bonds. The van der Waals surface area contributed by atoms with E-state index in [0.717, 1.165) is 24.8 Å². The fourth-order valence-electron chi connectivity index (χ4n) is 2.80. The van der Waals surface area contributed by atoms with E-state index < -0.39 is 10.0 Å². The zero-order valence-electron chi connectivity index (χ0n) is 12.2. The van der Waals surface area contributed by atoms with Crippen molar-refractivity contribution in [3.8, 4) is 0 Å². The Morgan fingerprint density at radius 3 is 2.76 bits per heavy atom. The number of rotatable bonds is 5. The summed E-state index contributed by atoms with van der Waals surface area (Å²) >= 11 is 7.75. The highest BCUT2D eigenvalue weighted by Crippen LogP contribution is 2.31. The van der Waals surface area contributed by atoms with Crippen molar-refractivity contribution in [2.45, 2.75) is 48.9 Å². The molecule has 1 aromatic carbocycles. The van der Waals surface area contributed by atoms with Gasteiger partial charge in [-0.25, -0.2) is 13.1 Å². The first-order valence-electron chi connectivity index (χ1n) is 6.93. The molecule has 3 N–H and O–H groups in total. The highest BCUT2D eigenvalue weighted by atomic mass is 35.5. The Morgan fingerprint density at radius 2 is 2.14 bits per heavy atom. The second kappa shape index (κ2) is 6.87. The molecule has 0 heterocycles. The van der Waals surface area contributed by atoms with Crippen molar-refractivity contribution in [1.29, 1.82) is 0 Å². The van der Waals surface area contributed by atoms with E-state index >= 15 is 0 Å². The van der Waals surface area contributed by atoms with Gasteiger partial charge in [-0.1, -0.05) is 18.0 Å². The van der Waals surface area contributed by atoms with Crippen LogP contribution in [0.3, 0.4) is 0 Å². The van der Waals surface area contributed by atoms with Gasteiger partial charge in [-0.3, -0.25) is 0 Å². The van der Waals surface area contributed by atoms with E-state index in [1.807, 2.05) is 6.26 Å². The molecule has 21 heavy (non-hydrogen) atoms. The van der Waals surface area contributed by atoms with Crippen molar-refractivity contribution in [3.05, 3.63) is 28.3 Å². The maximum absolute atomic E-state index is 12.7. The van der Waals surface area contributed by atoms with Crippen molar-refractivity contribution >= 4 is 33.4 Å². The average Bonchev–Trinajstić information content (AvgIpc) is 2.87. The normalized spacial score (nSPS) is 22.7. The van der Waals surface area contributed by atoms with Crippen molar-refractivity contribution in [1.82, 2.24) is 4.72 Å². The fourth-order valence-corrected chi connectivity index (χ4v) is 5.76. The van der Waals surface area contributed by atoms with Gasteiger partial charge in [-0.15, -0.1) is 0 Å². The Morgan fingerprint density at radius 1 is 1.43 bits per heavy atom. The monoisotopic (exact) mass is 348 g/mol. The van der Waals surface area contributed by atoms with Crippen LogP contribution in [0.15, 0.2) is 17.0 Å². The second-order valence-corrected chi connectivity index (χ2v) is 8.52. The average molecular weight is 349 g/mol. The third-order valence-electron chi connectivity index (χ3n) is 4.00. The van der Waals surface area contributed by atoms with Gasteiger partial charge in [0.05, 0.1) is 4.90 Å². The molecule has 1 aromatic rings. The molecule has 0 aromatic heterocycles. The lowest BCUT2D eigenvalue weighted by atomic mass is 10.1. The molecule has 2 unspecified atom stereocenters. The minimum absolute atomic E-state index is 0.00953. The van der Waals surface area contributed by atoms with Crippen LogP contribution in [0, 0.1) is 6.92 Å². The minimum Gasteiger partial charge on any atom is -0.326 e. The van der Waals surface area contributed by atoms with Crippen LogP contribution in [0.2, 0.25) is 5.02 Å². The Kier molecular flexibility index (Phi) is 5.59. The highest BCUT2D eigenvalue weighted by molar-refractivity contribution is 7.99. The van der Waals surface area contributed by atoms with Gasteiger partial charge in [-0.05, 0) is 49.3 Å². The summed E-state index contributed by atoms with van der Waals surface area (Å²) < 4.78 is 28.2. The molecule has 118 valence electrons. The Balaban J connectivity index is 2.34. The number of benzene rings is 1. The molecular formula is C14H21ClN2O2S2. The lowest BCUT2D eigenvalue weighted by Gasteiger charge is -2.20. The quantitative estimate of drug-likeness (QED) is 0.858. The molecule has 0 bridgehead atoms. The molecule has 1 aliphatic rings.